The lowest BCUT2D eigenvalue weighted by atomic mass is 10.1. The van der Waals surface area contributed by atoms with E-state index in [2.05, 4.69) is 26.0 Å². The van der Waals surface area contributed by atoms with Crippen molar-refractivity contribution in [3.63, 3.8) is 0 Å². The van der Waals surface area contributed by atoms with Gasteiger partial charge in [-0.2, -0.15) is 5.10 Å². The molecule has 5 rings (SSSR count). The number of carbonyl (C=O) groups excluding carboxylic acids is 2. The third-order valence-electron chi connectivity index (χ3n) is 5.79. The summed E-state index contributed by atoms with van der Waals surface area (Å²) in [7, 11) is 1.82. The van der Waals surface area contributed by atoms with Crippen molar-refractivity contribution in [1.29, 1.82) is 0 Å². The molecule has 2 aromatic carbocycles. The number of nitrogens with one attached hydrogen (secondary N) is 3. The smallest absolute Gasteiger partial charge is 0.257 e. The lowest BCUT2D eigenvalue weighted by Crippen LogP contribution is -2.24. The van der Waals surface area contributed by atoms with Crippen LogP contribution < -0.4 is 16.0 Å². The van der Waals surface area contributed by atoms with Crippen molar-refractivity contribution in [1.82, 2.24) is 20.1 Å². The third kappa shape index (κ3) is 4.96. The summed E-state index contributed by atoms with van der Waals surface area (Å²) in [6.45, 7) is 2.33. The topological polar surface area (TPSA) is 101 Å². The van der Waals surface area contributed by atoms with Crippen LogP contribution in [0.2, 0.25) is 0 Å². The van der Waals surface area contributed by atoms with E-state index in [0.717, 1.165) is 27.0 Å². The summed E-state index contributed by atoms with van der Waals surface area (Å²) in [4.78, 5) is 30.6. The monoisotopic (exact) mass is 496 g/mol. The standard InChI is InChI=1S/C27H24N6O2S/c1-17-7-9-19(10-8-17)31-25-23(32-27(35)22-16-36-24-6-4-3-5-21(22)24)13-18(14-28-25)26(34)29-15-20-11-12-30-33(20)2/h3-14,16H,15H2,1-2H3,(H,28,31)(H,29,34)(H,32,35). The zero-order valence-electron chi connectivity index (χ0n) is 19.8. The van der Waals surface area contributed by atoms with E-state index >= 15 is 0 Å². The number of thiophene rings is 1. The highest BCUT2D eigenvalue weighted by Crippen LogP contribution is 2.29. The van der Waals surface area contributed by atoms with Crippen molar-refractivity contribution >= 4 is 50.4 Å². The molecule has 5 aromatic rings. The molecule has 3 heterocycles. The molecule has 0 aliphatic heterocycles. The van der Waals surface area contributed by atoms with Crippen LogP contribution in [0.25, 0.3) is 10.1 Å². The van der Waals surface area contributed by atoms with Gasteiger partial charge in [0.2, 0.25) is 0 Å². The minimum Gasteiger partial charge on any atom is -0.346 e. The van der Waals surface area contributed by atoms with Crippen LogP contribution >= 0.6 is 11.3 Å². The number of anilines is 3. The van der Waals surface area contributed by atoms with Gasteiger partial charge in [-0.15, -0.1) is 11.3 Å². The van der Waals surface area contributed by atoms with Crippen LogP contribution in [-0.4, -0.2) is 26.6 Å². The molecule has 0 saturated heterocycles. The Labute approximate surface area is 212 Å². The molecule has 8 nitrogen and oxygen atoms in total. The van der Waals surface area contributed by atoms with Crippen molar-refractivity contribution < 1.29 is 9.59 Å². The molecule has 3 aromatic heterocycles. The maximum atomic E-state index is 13.3. The van der Waals surface area contributed by atoms with Crippen molar-refractivity contribution in [2.45, 2.75) is 13.5 Å². The van der Waals surface area contributed by atoms with E-state index in [1.807, 2.05) is 73.9 Å². The average molecular weight is 497 g/mol. The number of hydrogen-bond donors (Lipinski definition) is 3. The van der Waals surface area contributed by atoms with E-state index in [0.29, 0.717) is 29.2 Å². The third-order valence-corrected chi connectivity index (χ3v) is 6.75. The maximum absolute atomic E-state index is 13.3. The number of amides is 2. The van der Waals surface area contributed by atoms with Gasteiger partial charge >= 0.3 is 0 Å². The molecular formula is C27H24N6O2S. The van der Waals surface area contributed by atoms with Crippen molar-refractivity contribution in [3.8, 4) is 0 Å². The predicted molar refractivity (Wildman–Crippen MR) is 143 cm³/mol. The second-order valence-electron chi connectivity index (χ2n) is 8.34. The van der Waals surface area contributed by atoms with E-state index in [-0.39, 0.29) is 11.8 Å². The van der Waals surface area contributed by atoms with Crippen LogP contribution in [0.5, 0.6) is 0 Å². The molecule has 180 valence electrons. The first kappa shape index (κ1) is 23.3. The first-order valence-electron chi connectivity index (χ1n) is 11.3. The summed E-state index contributed by atoms with van der Waals surface area (Å²) in [6, 6.07) is 19.1. The number of carbonyl (C=O) groups is 2. The van der Waals surface area contributed by atoms with Gasteiger partial charge in [0.25, 0.3) is 11.8 Å². The Morgan fingerprint density at radius 2 is 1.83 bits per heavy atom. The summed E-state index contributed by atoms with van der Waals surface area (Å²) < 4.78 is 2.73. The highest BCUT2D eigenvalue weighted by Gasteiger charge is 2.17. The van der Waals surface area contributed by atoms with E-state index in [9.17, 15) is 9.59 Å². The first-order chi connectivity index (χ1) is 17.5. The Kier molecular flexibility index (Phi) is 6.46. The number of benzene rings is 2. The Bertz CT molecular complexity index is 1550. The Balaban J connectivity index is 1.43. The highest BCUT2D eigenvalue weighted by molar-refractivity contribution is 7.17. The second-order valence-corrected chi connectivity index (χ2v) is 9.25. The number of aromatic nitrogens is 3. The van der Waals surface area contributed by atoms with Gasteiger partial charge in [-0.1, -0.05) is 35.9 Å². The molecule has 0 fully saturated rings. The molecule has 0 saturated carbocycles. The van der Waals surface area contributed by atoms with E-state index in [1.54, 1.807) is 16.9 Å². The van der Waals surface area contributed by atoms with Gasteiger partial charge in [0.15, 0.2) is 5.82 Å². The molecule has 0 aliphatic carbocycles. The van der Waals surface area contributed by atoms with Crippen LogP contribution in [-0.2, 0) is 13.6 Å². The SMILES string of the molecule is Cc1ccc(Nc2ncc(C(=O)NCc3ccnn3C)cc2NC(=O)c2csc3ccccc23)cc1. The van der Waals surface area contributed by atoms with Gasteiger partial charge in [0.05, 0.1) is 29.1 Å². The summed E-state index contributed by atoms with van der Waals surface area (Å²) in [5.41, 5.74) is 4.13. The van der Waals surface area contributed by atoms with E-state index in [1.165, 1.54) is 17.5 Å². The summed E-state index contributed by atoms with van der Waals surface area (Å²) in [6.07, 6.45) is 3.17. The van der Waals surface area contributed by atoms with Crippen molar-refractivity contribution in [3.05, 3.63) is 101 Å². The Morgan fingerprint density at radius 3 is 2.61 bits per heavy atom. The molecule has 0 spiro atoms. The van der Waals surface area contributed by atoms with Gasteiger partial charge in [0.1, 0.15) is 0 Å². The molecule has 0 bridgehead atoms. The van der Waals surface area contributed by atoms with Gasteiger partial charge in [-0.3, -0.25) is 14.3 Å². The fraction of sp³-hybridized carbons (Fsp3) is 0.111. The number of fused-ring (bicyclic) bond motifs is 1. The quantitative estimate of drug-likeness (QED) is 0.285. The van der Waals surface area contributed by atoms with E-state index in [4.69, 9.17) is 0 Å². The van der Waals surface area contributed by atoms with Gasteiger partial charge < -0.3 is 16.0 Å². The largest absolute Gasteiger partial charge is 0.346 e. The fourth-order valence-corrected chi connectivity index (χ4v) is 4.69. The number of rotatable bonds is 7. The summed E-state index contributed by atoms with van der Waals surface area (Å²) in [5, 5.41) is 15.9. The minimum absolute atomic E-state index is 0.270. The first-order valence-corrected chi connectivity index (χ1v) is 12.2. The lowest BCUT2D eigenvalue weighted by molar-refractivity contribution is 0.0948. The lowest BCUT2D eigenvalue weighted by Gasteiger charge is -2.14. The van der Waals surface area contributed by atoms with Crippen LogP contribution in [0.1, 0.15) is 32.0 Å². The average Bonchev–Trinajstić information content (AvgIpc) is 3.51. The Hall–Kier alpha value is -4.50. The van der Waals surface area contributed by atoms with Crippen molar-refractivity contribution in [2.75, 3.05) is 10.6 Å². The summed E-state index contributed by atoms with van der Waals surface area (Å²) in [5.74, 6) is -0.134. The number of hydrogen-bond acceptors (Lipinski definition) is 6. The highest BCUT2D eigenvalue weighted by atomic mass is 32.1. The second kappa shape index (κ2) is 10.0. The zero-order valence-corrected chi connectivity index (χ0v) is 20.6. The molecule has 0 radical (unpaired) electrons. The molecule has 0 unspecified atom stereocenters. The van der Waals surface area contributed by atoms with Gasteiger partial charge in [-0.25, -0.2) is 4.98 Å². The van der Waals surface area contributed by atoms with Gasteiger partial charge in [-0.05, 0) is 37.3 Å². The maximum Gasteiger partial charge on any atom is 0.257 e. The van der Waals surface area contributed by atoms with Crippen LogP contribution in [0.3, 0.4) is 0 Å². The molecule has 2 amide bonds. The molecule has 36 heavy (non-hydrogen) atoms. The van der Waals surface area contributed by atoms with Crippen molar-refractivity contribution in [2.24, 2.45) is 7.05 Å². The Morgan fingerprint density at radius 1 is 1.03 bits per heavy atom. The van der Waals surface area contributed by atoms with Gasteiger partial charge in [0, 0.05) is 40.6 Å². The number of pyridine rings is 1. The van der Waals surface area contributed by atoms with Crippen LogP contribution in [0, 0.1) is 6.92 Å². The summed E-state index contributed by atoms with van der Waals surface area (Å²) >= 11 is 1.51. The number of aryl methyl sites for hydroxylation is 2. The molecule has 0 atom stereocenters. The van der Waals surface area contributed by atoms with Crippen LogP contribution in [0.4, 0.5) is 17.2 Å². The molecule has 0 aliphatic rings. The molecule has 3 N–H and O–H groups in total. The van der Waals surface area contributed by atoms with Crippen LogP contribution in [0.15, 0.2) is 78.4 Å². The predicted octanol–water partition coefficient (Wildman–Crippen LogP) is 5.26. The minimum atomic E-state index is -0.304. The molecular weight excluding hydrogens is 472 g/mol. The fourth-order valence-electron chi connectivity index (χ4n) is 3.75. The molecule has 9 heteroatoms. The number of nitrogens with zero attached hydrogens (tertiary/aromatic N) is 3. The zero-order chi connectivity index (χ0) is 25.1. The normalized spacial score (nSPS) is 10.8. The van der Waals surface area contributed by atoms with E-state index < -0.39 is 0 Å².